The number of hydrogen-bond acceptors (Lipinski definition) is 1. The van der Waals surface area contributed by atoms with Gasteiger partial charge in [0.2, 0.25) is 0 Å². The number of hydrogen-bond donors (Lipinski definition) is 0. The third-order valence-corrected chi connectivity index (χ3v) is 3.54. The Balaban J connectivity index is 2.62. The van der Waals surface area contributed by atoms with Gasteiger partial charge in [0.25, 0.3) is 0 Å². The number of aryl methyl sites for hydroxylation is 1. The van der Waals surface area contributed by atoms with E-state index in [-0.39, 0.29) is 0 Å². The fourth-order valence-corrected chi connectivity index (χ4v) is 1.53. The lowest BCUT2D eigenvalue weighted by atomic mass is 10.2. The molecule has 3 heteroatoms. The molecule has 0 saturated carbocycles. The lowest BCUT2D eigenvalue weighted by molar-refractivity contribution is 0.272. The molecule has 0 aliphatic heterocycles. The van der Waals surface area contributed by atoms with Gasteiger partial charge in [-0.2, -0.15) is 0 Å². The number of halogens is 2. The maximum Gasteiger partial charge on any atom is 0.123 e. The van der Waals surface area contributed by atoms with Gasteiger partial charge < -0.3 is 4.74 Å². The smallest absolute Gasteiger partial charge is 0.123 e. The Hall–Kier alpha value is -0.0200. The molecule has 0 aliphatic carbocycles. The minimum Gasteiger partial charge on any atom is -0.493 e. The van der Waals surface area contributed by atoms with Crippen LogP contribution in [0.15, 0.2) is 22.7 Å². The predicted molar refractivity (Wildman–Crippen MR) is 67.3 cm³/mol. The zero-order chi connectivity index (χ0) is 10.6. The van der Waals surface area contributed by atoms with Crippen molar-refractivity contribution in [2.45, 2.75) is 13.8 Å². The van der Waals surface area contributed by atoms with E-state index in [2.05, 4.69) is 51.8 Å². The molecule has 1 unspecified atom stereocenters. The molecule has 14 heavy (non-hydrogen) atoms. The van der Waals surface area contributed by atoms with Gasteiger partial charge in [0.15, 0.2) is 0 Å². The van der Waals surface area contributed by atoms with Gasteiger partial charge in [-0.15, -0.1) is 0 Å². The summed E-state index contributed by atoms with van der Waals surface area (Å²) in [5.74, 6) is 1.50. The minimum atomic E-state index is 0.536. The first-order valence-electron chi connectivity index (χ1n) is 4.58. The molecule has 0 radical (unpaired) electrons. The van der Waals surface area contributed by atoms with E-state index in [4.69, 9.17) is 4.74 Å². The molecule has 1 nitrogen and oxygen atoms in total. The van der Waals surface area contributed by atoms with Crippen molar-refractivity contribution in [1.29, 1.82) is 0 Å². The van der Waals surface area contributed by atoms with Crippen molar-refractivity contribution >= 4 is 31.9 Å². The van der Waals surface area contributed by atoms with Crippen LogP contribution in [-0.2, 0) is 0 Å². The molecular weight excluding hydrogens is 308 g/mol. The lowest BCUT2D eigenvalue weighted by Gasteiger charge is -2.12. The van der Waals surface area contributed by atoms with Gasteiger partial charge in [-0.3, -0.25) is 0 Å². The maximum absolute atomic E-state index is 5.71. The molecule has 0 spiro atoms. The summed E-state index contributed by atoms with van der Waals surface area (Å²) in [6, 6.07) is 6.09. The highest BCUT2D eigenvalue weighted by Gasteiger charge is 2.03. The number of benzene rings is 1. The van der Waals surface area contributed by atoms with E-state index in [1.54, 1.807) is 0 Å². The van der Waals surface area contributed by atoms with Crippen molar-refractivity contribution in [3.63, 3.8) is 0 Å². The molecule has 0 amide bonds. The third-order valence-electron chi connectivity index (χ3n) is 1.94. The van der Waals surface area contributed by atoms with Crippen molar-refractivity contribution in [3.05, 3.63) is 28.2 Å². The van der Waals surface area contributed by atoms with Gasteiger partial charge in [0, 0.05) is 9.80 Å². The molecule has 78 valence electrons. The van der Waals surface area contributed by atoms with Gasteiger partial charge in [0.05, 0.1) is 6.61 Å². The van der Waals surface area contributed by atoms with Crippen LogP contribution < -0.4 is 4.74 Å². The Morgan fingerprint density at radius 1 is 1.43 bits per heavy atom. The second kappa shape index (κ2) is 5.76. The average molecular weight is 322 g/mol. The van der Waals surface area contributed by atoms with E-state index >= 15 is 0 Å². The molecule has 0 aromatic heterocycles. The van der Waals surface area contributed by atoms with E-state index in [0.29, 0.717) is 5.92 Å². The van der Waals surface area contributed by atoms with Crippen LogP contribution in [-0.4, -0.2) is 11.9 Å². The lowest BCUT2D eigenvalue weighted by Crippen LogP contribution is -2.09. The first-order valence-corrected chi connectivity index (χ1v) is 6.50. The highest BCUT2D eigenvalue weighted by Crippen LogP contribution is 2.23. The van der Waals surface area contributed by atoms with Crippen LogP contribution in [0.3, 0.4) is 0 Å². The van der Waals surface area contributed by atoms with E-state index in [1.165, 1.54) is 5.56 Å². The monoisotopic (exact) mass is 320 g/mol. The normalized spacial score (nSPS) is 12.6. The molecule has 0 heterocycles. The molecule has 1 rings (SSSR count). The topological polar surface area (TPSA) is 9.23 Å². The van der Waals surface area contributed by atoms with Crippen LogP contribution >= 0.6 is 31.9 Å². The average Bonchev–Trinajstić information content (AvgIpc) is 2.19. The van der Waals surface area contributed by atoms with Crippen LogP contribution in [0, 0.1) is 12.8 Å². The van der Waals surface area contributed by atoms with Gasteiger partial charge >= 0.3 is 0 Å². The summed E-state index contributed by atoms with van der Waals surface area (Å²) in [4.78, 5) is 0. The molecule has 0 N–H and O–H groups in total. The van der Waals surface area contributed by atoms with Crippen LogP contribution in [0.25, 0.3) is 0 Å². The summed E-state index contributed by atoms with van der Waals surface area (Å²) < 4.78 is 6.77. The highest BCUT2D eigenvalue weighted by molar-refractivity contribution is 9.10. The summed E-state index contributed by atoms with van der Waals surface area (Å²) in [6.07, 6.45) is 0. The van der Waals surface area contributed by atoms with Gasteiger partial charge in [-0.1, -0.05) is 44.8 Å². The molecule has 1 atom stereocenters. The largest absolute Gasteiger partial charge is 0.493 e. The number of rotatable bonds is 4. The first kappa shape index (κ1) is 12.1. The summed E-state index contributed by atoms with van der Waals surface area (Å²) in [5, 5.41) is 0.972. The molecule has 0 fully saturated rings. The van der Waals surface area contributed by atoms with Gasteiger partial charge in [-0.25, -0.2) is 0 Å². The molecule has 1 aromatic rings. The number of ether oxygens (including phenoxy) is 1. The maximum atomic E-state index is 5.71. The van der Waals surface area contributed by atoms with Gasteiger partial charge in [0.1, 0.15) is 5.75 Å². The second-order valence-corrected chi connectivity index (χ2v) is 5.04. The summed E-state index contributed by atoms with van der Waals surface area (Å²) in [6.45, 7) is 4.96. The fourth-order valence-electron chi connectivity index (χ4n) is 1.01. The van der Waals surface area contributed by atoms with E-state index in [9.17, 15) is 0 Å². The summed E-state index contributed by atoms with van der Waals surface area (Å²) >= 11 is 6.86. The van der Waals surface area contributed by atoms with E-state index < -0.39 is 0 Å². The Bertz CT molecular complexity index is 299. The minimum absolute atomic E-state index is 0.536. The molecule has 1 aromatic carbocycles. The first-order chi connectivity index (χ1) is 6.63. The summed E-state index contributed by atoms with van der Waals surface area (Å²) in [5.41, 5.74) is 1.18. The Morgan fingerprint density at radius 2 is 2.14 bits per heavy atom. The van der Waals surface area contributed by atoms with Crippen LogP contribution in [0.4, 0.5) is 0 Å². The van der Waals surface area contributed by atoms with Crippen LogP contribution in [0.5, 0.6) is 5.75 Å². The quantitative estimate of drug-likeness (QED) is 0.756. The van der Waals surface area contributed by atoms with E-state index in [0.717, 1.165) is 22.2 Å². The Labute approximate surface area is 102 Å². The standard InChI is InChI=1S/C11H14Br2O/c1-8(6-12)7-14-11-5-10(13)4-3-9(11)2/h3-5,8H,6-7H2,1-2H3. The van der Waals surface area contributed by atoms with Crippen molar-refractivity contribution in [3.8, 4) is 5.75 Å². The van der Waals surface area contributed by atoms with Crippen molar-refractivity contribution in [2.75, 3.05) is 11.9 Å². The van der Waals surface area contributed by atoms with Crippen molar-refractivity contribution in [1.82, 2.24) is 0 Å². The number of alkyl halides is 1. The molecule has 0 bridgehead atoms. The summed E-state index contributed by atoms with van der Waals surface area (Å²) in [7, 11) is 0. The SMILES string of the molecule is Cc1ccc(Br)cc1OCC(C)CBr. The van der Waals surface area contributed by atoms with Crippen LogP contribution in [0.2, 0.25) is 0 Å². The van der Waals surface area contributed by atoms with Crippen LogP contribution in [0.1, 0.15) is 12.5 Å². The van der Waals surface area contributed by atoms with E-state index in [1.807, 2.05) is 12.1 Å². The van der Waals surface area contributed by atoms with Gasteiger partial charge in [-0.05, 0) is 30.5 Å². The zero-order valence-corrected chi connectivity index (χ0v) is 11.6. The highest BCUT2D eigenvalue weighted by atomic mass is 79.9. The Morgan fingerprint density at radius 3 is 2.79 bits per heavy atom. The Kier molecular flexibility index (Phi) is 4.96. The predicted octanol–water partition coefficient (Wildman–Crippen LogP) is 4.17. The molecule has 0 saturated heterocycles. The molecular formula is C11H14Br2O. The third kappa shape index (κ3) is 3.62. The van der Waals surface area contributed by atoms with Crippen molar-refractivity contribution < 1.29 is 4.74 Å². The zero-order valence-electron chi connectivity index (χ0n) is 8.39. The molecule has 0 aliphatic rings. The van der Waals surface area contributed by atoms with Crippen molar-refractivity contribution in [2.24, 2.45) is 5.92 Å². The second-order valence-electron chi connectivity index (χ2n) is 3.48. The fraction of sp³-hybridized carbons (Fsp3) is 0.455.